The molecule has 1 saturated heterocycles. The molecule has 0 atom stereocenters. The molecule has 0 saturated carbocycles. The van der Waals surface area contributed by atoms with Crippen LogP contribution in [0.4, 0.5) is 11.6 Å². The summed E-state index contributed by atoms with van der Waals surface area (Å²) in [7, 11) is 0. The van der Waals surface area contributed by atoms with Crippen LogP contribution < -0.4 is 10.9 Å². The standard InChI is InChI=1S/C27H31N7O3/c1-4-12-33-25(35)21-17-28-26(29-20-10-8-19(9-11-20)18-32-13-15-37-16-14-32)31-24(21)34(33)23-7-5-6-22(30-23)27(2,3)36/h4-11,17,36H,1,12-16,18H2,2-3H3,(H,28,29,31). The first kappa shape index (κ1) is 24.8. The minimum Gasteiger partial charge on any atom is -0.384 e. The van der Waals surface area contributed by atoms with E-state index in [-0.39, 0.29) is 12.1 Å². The number of benzene rings is 1. The van der Waals surface area contributed by atoms with Crippen LogP contribution in [0.2, 0.25) is 0 Å². The number of pyridine rings is 1. The number of nitrogens with one attached hydrogen (secondary N) is 1. The monoisotopic (exact) mass is 501 g/mol. The van der Waals surface area contributed by atoms with Crippen molar-refractivity contribution in [3.63, 3.8) is 0 Å². The van der Waals surface area contributed by atoms with Crippen LogP contribution in [0.15, 0.2) is 66.1 Å². The molecule has 10 nitrogen and oxygen atoms in total. The Bertz CT molecular complexity index is 1460. The smallest absolute Gasteiger partial charge is 0.278 e. The van der Waals surface area contributed by atoms with Gasteiger partial charge in [0.1, 0.15) is 11.0 Å². The van der Waals surface area contributed by atoms with Gasteiger partial charge >= 0.3 is 0 Å². The fourth-order valence-electron chi connectivity index (χ4n) is 4.33. The Balaban J connectivity index is 1.47. The molecule has 192 valence electrons. The van der Waals surface area contributed by atoms with Crippen molar-refractivity contribution in [1.29, 1.82) is 0 Å². The summed E-state index contributed by atoms with van der Waals surface area (Å²) >= 11 is 0. The maximum Gasteiger partial charge on any atom is 0.278 e. The van der Waals surface area contributed by atoms with Gasteiger partial charge in [-0.05, 0) is 43.7 Å². The SMILES string of the molecule is C=CCn1c(=O)c2cnc(Nc3ccc(CN4CCOCC4)cc3)nc2n1-c1cccc(C(C)(C)O)n1. The number of hydrogen-bond acceptors (Lipinski definition) is 8. The second-order valence-corrected chi connectivity index (χ2v) is 9.57. The summed E-state index contributed by atoms with van der Waals surface area (Å²) < 4.78 is 8.58. The lowest BCUT2D eigenvalue weighted by atomic mass is 10.1. The van der Waals surface area contributed by atoms with Gasteiger partial charge in [-0.15, -0.1) is 6.58 Å². The molecule has 4 heterocycles. The van der Waals surface area contributed by atoms with Crippen LogP contribution in [0.25, 0.3) is 16.9 Å². The number of nitrogens with zero attached hydrogens (tertiary/aromatic N) is 6. The Morgan fingerprint density at radius 1 is 1.14 bits per heavy atom. The topological polar surface area (TPSA) is 110 Å². The van der Waals surface area contributed by atoms with Crippen molar-refractivity contribution in [1.82, 2.24) is 29.2 Å². The molecular weight excluding hydrogens is 470 g/mol. The van der Waals surface area contributed by atoms with E-state index in [4.69, 9.17) is 4.74 Å². The highest BCUT2D eigenvalue weighted by molar-refractivity contribution is 5.77. The molecule has 0 bridgehead atoms. The van der Waals surface area contributed by atoms with Gasteiger partial charge in [0, 0.05) is 31.5 Å². The van der Waals surface area contributed by atoms with Gasteiger partial charge in [-0.25, -0.2) is 19.3 Å². The number of rotatable bonds is 8. The van der Waals surface area contributed by atoms with Crippen molar-refractivity contribution >= 4 is 22.7 Å². The Labute approximate surface area is 214 Å². The molecule has 1 aromatic carbocycles. The molecule has 37 heavy (non-hydrogen) atoms. The van der Waals surface area contributed by atoms with Gasteiger partial charge in [-0.3, -0.25) is 9.69 Å². The summed E-state index contributed by atoms with van der Waals surface area (Å²) in [6, 6.07) is 13.5. The van der Waals surface area contributed by atoms with Crippen molar-refractivity contribution in [3.05, 3.63) is 82.9 Å². The highest BCUT2D eigenvalue weighted by atomic mass is 16.5. The van der Waals surface area contributed by atoms with Gasteiger partial charge in [-0.1, -0.05) is 24.3 Å². The predicted molar refractivity (Wildman–Crippen MR) is 142 cm³/mol. The largest absolute Gasteiger partial charge is 0.384 e. The third kappa shape index (κ3) is 5.31. The minimum atomic E-state index is -1.14. The molecule has 0 spiro atoms. The zero-order valence-electron chi connectivity index (χ0n) is 21.1. The molecule has 0 aliphatic carbocycles. The first-order valence-corrected chi connectivity index (χ1v) is 12.3. The number of fused-ring (bicyclic) bond motifs is 1. The Hall–Kier alpha value is -3.86. The molecule has 1 aliphatic rings. The number of hydrogen-bond donors (Lipinski definition) is 2. The van der Waals surface area contributed by atoms with Crippen LogP contribution in [-0.4, -0.2) is 60.6 Å². The van der Waals surface area contributed by atoms with Crippen molar-refractivity contribution in [2.45, 2.75) is 32.5 Å². The Kier molecular flexibility index (Phi) is 6.88. The van der Waals surface area contributed by atoms with Crippen LogP contribution >= 0.6 is 0 Å². The van der Waals surface area contributed by atoms with E-state index in [1.54, 1.807) is 42.8 Å². The van der Waals surface area contributed by atoms with Gasteiger partial charge in [0.2, 0.25) is 5.95 Å². The average Bonchev–Trinajstić information content (AvgIpc) is 3.16. The van der Waals surface area contributed by atoms with Crippen LogP contribution in [0.5, 0.6) is 0 Å². The minimum absolute atomic E-state index is 0.246. The number of anilines is 2. The van der Waals surface area contributed by atoms with Gasteiger partial charge < -0.3 is 15.2 Å². The van der Waals surface area contributed by atoms with E-state index < -0.39 is 5.60 Å². The molecule has 0 amide bonds. The molecule has 1 aliphatic heterocycles. The summed E-state index contributed by atoms with van der Waals surface area (Å²) in [4.78, 5) is 29.2. The number of allylic oxidation sites excluding steroid dienone is 1. The van der Waals surface area contributed by atoms with Crippen LogP contribution in [-0.2, 0) is 23.4 Å². The molecule has 5 rings (SSSR count). The summed E-state index contributed by atoms with van der Waals surface area (Å²) in [6.45, 7) is 11.7. The lowest BCUT2D eigenvalue weighted by molar-refractivity contribution is 0.0342. The zero-order chi connectivity index (χ0) is 26.0. The first-order chi connectivity index (χ1) is 17.8. The molecule has 10 heteroatoms. The number of aromatic nitrogens is 5. The summed E-state index contributed by atoms with van der Waals surface area (Å²) in [6.07, 6.45) is 3.16. The molecule has 0 radical (unpaired) electrons. The van der Waals surface area contributed by atoms with Gasteiger partial charge in [0.05, 0.1) is 25.5 Å². The third-order valence-corrected chi connectivity index (χ3v) is 6.28. The number of ether oxygens (including phenoxy) is 1. The quantitative estimate of drug-likeness (QED) is 0.355. The lowest BCUT2D eigenvalue weighted by Gasteiger charge is -2.26. The fraction of sp³-hybridized carbons (Fsp3) is 0.333. The predicted octanol–water partition coefficient (Wildman–Crippen LogP) is 2.97. The molecule has 3 aromatic heterocycles. The average molecular weight is 502 g/mol. The van der Waals surface area contributed by atoms with E-state index in [0.717, 1.165) is 38.5 Å². The van der Waals surface area contributed by atoms with Gasteiger partial charge in [0.25, 0.3) is 5.56 Å². The molecular formula is C27H31N7O3. The summed E-state index contributed by atoms with van der Waals surface area (Å²) in [5, 5.41) is 14.1. The van der Waals surface area contributed by atoms with Gasteiger partial charge in [-0.2, -0.15) is 4.98 Å². The van der Waals surface area contributed by atoms with E-state index in [0.29, 0.717) is 28.5 Å². The first-order valence-electron chi connectivity index (χ1n) is 12.3. The number of aliphatic hydroxyl groups is 1. The summed E-state index contributed by atoms with van der Waals surface area (Å²) in [5.41, 5.74) is 1.56. The fourth-order valence-corrected chi connectivity index (χ4v) is 4.33. The third-order valence-electron chi connectivity index (χ3n) is 6.28. The lowest BCUT2D eigenvalue weighted by Crippen LogP contribution is -2.35. The van der Waals surface area contributed by atoms with Crippen LogP contribution in [0.1, 0.15) is 25.1 Å². The maximum atomic E-state index is 13.2. The molecule has 2 N–H and O–H groups in total. The van der Waals surface area contributed by atoms with Crippen LogP contribution in [0.3, 0.4) is 0 Å². The molecule has 0 unspecified atom stereocenters. The van der Waals surface area contributed by atoms with Crippen molar-refractivity contribution in [2.75, 3.05) is 31.6 Å². The zero-order valence-corrected chi connectivity index (χ0v) is 21.1. The number of morpholine rings is 1. The molecule has 1 fully saturated rings. The Morgan fingerprint density at radius 3 is 2.59 bits per heavy atom. The highest BCUT2D eigenvalue weighted by Gasteiger charge is 2.22. The van der Waals surface area contributed by atoms with E-state index in [2.05, 4.69) is 43.9 Å². The van der Waals surface area contributed by atoms with Crippen molar-refractivity contribution in [2.24, 2.45) is 0 Å². The highest BCUT2D eigenvalue weighted by Crippen LogP contribution is 2.22. The molecule has 4 aromatic rings. The van der Waals surface area contributed by atoms with E-state index in [1.165, 1.54) is 16.4 Å². The van der Waals surface area contributed by atoms with E-state index in [1.807, 2.05) is 12.1 Å². The van der Waals surface area contributed by atoms with E-state index >= 15 is 0 Å². The van der Waals surface area contributed by atoms with Crippen molar-refractivity contribution in [3.8, 4) is 5.82 Å². The second-order valence-electron chi connectivity index (χ2n) is 9.57. The Morgan fingerprint density at radius 2 is 1.89 bits per heavy atom. The maximum absolute atomic E-state index is 13.2. The summed E-state index contributed by atoms with van der Waals surface area (Å²) in [5.74, 6) is 0.822. The second kappa shape index (κ2) is 10.3. The van der Waals surface area contributed by atoms with E-state index in [9.17, 15) is 9.90 Å². The normalized spacial score (nSPS) is 14.7. The van der Waals surface area contributed by atoms with Gasteiger partial charge in [0.15, 0.2) is 11.5 Å². The van der Waals surface area contributed by atoms with Crippen molar-refractivity contribution < 1.29 is 9.84 Å². The van der Waals surface area contributed by atoms with Crippen LogP contribution in [0, 0.1) is 0 Å².